The average Bonchev–Trinajstić information content (AvgIpc) is 2.53. The van der Waals surface area contributed by atoms with Crippen LogP contribution < -0.4 is 5.32 Å². The van der Waals surface area contributed by atoms with Crippen molar-refractivity contribution in [2.24, 2.45) is 5.92 Å². The molecule has 0 amide bonds. The maximum Gasteiger partial charge on any atom is 0.0469 e. The van der Waals surface area contributed by atoms with Crippen LogP contribution in [-0.2, 0) is 4.74 Å². The Labute approximate surface area is 156 Å². The molecule has 3 rings (SSSR count). The number of ether oxygens (including phenoxy) is 1. The second-order valence-corrected chi connectivity index (χ2v) is 6.56. The lowest BCUT2D eigenvalue weighted by Crippen LogP contribution is -2.47. The highest BCUT2D eigenvalue weighted by molar-refractivity contribution is 6.31. The van der Waals surface area contributed by atoms with Crippen LogP contribution in [0.2, 0.25) is 5.02 Å². The predicted octanol–water partition coefficient (Wildman–Crippen LogP) is 3.86. The molecule has 1 atom stereocenters. The second-order valence-electron chi connectivity index (χ2n) is 6.15. The number of rotatable bonds is 3. The number of hydrogen-bond acceptors (Lipinski definition) is 3. The van der Waals surface area contributed by atoms with Crippen molar-refractivity contribution in [3.63, 3.8) is 0 Å². The lowest BCUT2D eigenvalue weighted by atomic mass is 9.84. The lowest BCUT2D eigenvalue weighted by Gasteiger charge is -2.42. The molecule has 2 aliphatic heterocycles. The third-order valence-corrected chi connectivity index (χ3v) is 5.15. The van der Waals surface area contributed by atoms with E-state index in [1.165, 1.54) is 11.1 Å². The van der Waals surface area contributed by atoms with Crippen LogP contribution in [0.25, 0.3) is 0 Å². The Hall–Kier alpha value is -0.0300. The molecule has 1 N–H and O–H groups in total. The minimum absolute atomic E-state index is 0. The van der Waals surface area contributed by atoms with E-state index in [0.29, 0.717) is 12.0 Å². The maximum absolute atomic E-state index is 6.59. The normalized spacial score (nSPS) is 21.1. The lowest BCUT2D eigenvalue weighted by molar-refractivity contribution is 0.0211. The Balaban J connectivity index is 0.00000132. The molecule has 0 unspecified atom stereocenters. The standard InChI is InChI=1S/C17H25ClN2O.2ClH/c1-13-3-2-4-15(18)16(13)17(14-5-11-21-12-6-14)20-9-7-19-8-10-20;;/h2-4,14,17,19H,5-12H2,1H3;2*1H/t17-;;/m1../s1. The van der Waals surface area contributed by atoms with E-state index in [1.54, 1.807) is 0 Å². The summed E-state index contributed by atoms with van der Waals surface area (Å²) in [5.74, 6) is 0.649. The largest absolute Gasteiger partial charge is 0.381 e. The number of hydrogen-bond donors (Lipinski definition) is 1. The zero-order chi connectivity index (χ0) is 14.7. The molecule has 0 bridgehead atoms. The van der Waals surface area contributed by atoms with Gasteiger partial charge in [0.05, 0.1) is 0 Å². The van der Waals surface area contributed by atoms with Crippen LogP contribution in [0.3, 0.4) is 0 Å². The highest BCUT2D eigenvalue weighted by Gasteiger charge is 2.33. The van der Waals surface area contributed by atoms with Crippen molar-refractivity contribution in [1.82, 2.24) is 10.2 Å². The van der Waals surface area contributed by atoms with Crippen molar-refractivity contribution in [2.75, 3.05) is 39.4 Å². The molecule has 0 radical (unpaired) electrons. The summed E-state index contributed by atoms with van der Waals surface area (Å²) in [7, 11) is 0. The summed E-state index contributed by atoms with van der Waals surface area (Å²) in [4.78, 5) is 2.63. The van der Waals surface area contributed by atoms with Crippen molar-refractivity contribution in [2.45, 2.75) is 25.8 Å². The molecule has 23 heavy (non-hydrogen) atoms. The van der Waals surface area contributed by atoms with Gasteiger partial charge in [-0.05, 0) is 42.9 Å². The van der Waals surface area contributed by atoms with Gasteiger partial charge in [-0.2, -0.15) is 0 Å². The van der Waals surface area contributed by atoms with Crippen molar-refractivity contribution in [1.29, 1.82) is 0 Å². The molecule has 0 saturated carbocycles. The van der Waals surface area contributed by atoms with Gasteiger partial charge in [-0.1, -0.05) is 23.7 Å². The van der Waals surface area contributed by atoms with Gasteiger partial charge in [0, 0.05) is 50.5 Å². The van der Waals surface area contributed by atoms with Crippen molar-refractivity contribution in [3.05, 3.63) is 34.3 Å². The van der Waals surface area contributed by atoms with E-state index in [4.69, 9.17) is 16.3 Å². The smallest absolute Gasteiger partial charge is 0.0469 e. The summed E-state index contributed by atoms with van der Waals surface area (Å²) < 4.78 is 5.57. The molecule has 6 heteroatoms. The quantitative estimate of drug-likeness (QED) is 0.860. The van der Waals surface area contributed by atoms with Crippen LogP contribution in [0.5, 0.6) is 0 Å². The van der Waals surface area contributed by atoms with Crippen LogP contribution in [0.4, 0.5) is 0 Å². The summed E-state index contributed by atoms with van der Waals surface area (Å²) in [6, 6.07) is 6.72. The topological polar surface area (TPSA) is 24.5 Å². The van der Waals surface area contributed by atoms with Crippen LogP contribution in [0.15, 0.2) is 18.2 Å². The first-order valence-electron chi connectivity index (χ1n) is 8.05. The average molecular weight is 382 g/mol. The molecule has 2 saturated heterocycles. The number of halogens is 3. The first-order valence-corrected chi connectivity index (χ1v) is 8.42. The molecule has 0 aliphatic carbocycles. The fourth-order valence-corrected chi connectivity index (χ4v) is 4.06. The van der Waals surface area contributed by atoms with Crippen LogP contribution >= 0.6 is 36.4 Å². The Morgan fingerprint density at radius 3 is 2.43 bits per heavy atom. The van der Waals surface area contributed by atoms with E-state index in [-0.39, 0.29) is 24.8 Å². The molecule has 0 aromatic heterocycles. The van der Waals surface area contributed by atoms with Gasteiger partial charge in [0.15, 0.2) is 0 Å². The Morgan fingerprint density at radius 1 is 1.17 bits per heavy atom. The first-order chi connectivity index (χ1) is 10.3. The number of aryl methyl sites for hydroxylation is 1. The van der Waals surface area contributed by atoms with E-state index < -0.39 is 0 Å². The summed E-state index contributed by atoms with van der Waals surface area (Å²) in [5.41, 5.74) is 2.66. The molecule has 2 aliphatic rings. The Kier molecular flexibility index (Phi) is 9.20. The minimum Gasteiger partial charge on any atom is -0.381 e. The SMILES string of the molecule is Cc1cccc(Cl)c1[C@@H](C1CCOCC1)N1CCNCC1.Cl.Cl. The third kappa shape index (κ3) is 4.97. The van der Waals surface area contributed by atoms with Crippen LogP contribution in [-0.4, -0.2) is 44.3 Å². The van der Waals surface area contributed by atoms with Crippen molar-refractivity contribution < 1.29 is 4.74 Å². The third-order valence-electron chi connectivity index (χ3n) is 4.82. The number of nitrogens with one attached hydrogen (secondary N) is 1. The van der Waals surface area contributed by atoms with Gasteiger partial charge in [-0.25, -0.2) is 0 Å². The highest BCUT2D eigenvalue weighted by atomic mass is 35.5. The molecule has 3 nitrogen and oxygen atoms in total. The van der Waals surface area contributed by atoms with Gasteiger partial charge in [-0.3, -0.25) is 4.90 Å². The van der Waals surface area contributed by atoms with Gasteiger partial charge in [0.2, 0.25) is 0 Å². The second kappa shape index (κ2) is 10.1. The predicted molar refractivity (Wildman–Crippen MR) is 101 cm³/mol. The molecule has 2 heterocycles. The minimum atomic E-state index is 0. The van der Waals surface area contributed by atoms with E-state index in [9.17, 15) is 0 Å². The first kappa shape index (κ1) is 21.0. The van der Waals surface area contributed by atoms with E-state index in [1.807, 2.05) is 6.07 Å². The number of piperazine rings is 1. The molecule has 2 fully saturated rings. The number of nitrogens with zero attached hydrogens (tertiary/aromatic N) is 1. The zero-order valence-corrected chi connectivity index (χ0v) is 16.0. The van der Waals surface area contributed by atoms with Gasteiger partial charge in [0.25, 0.3) is 0 Å². The Morgan fingerprint density at radius 2 is 1.83 bits per heavy atom. The van der Waals surface area contributed by atoms with Crippen LogP contribution in [0, 0.1) is 12.8 Å². The van der Waals surface area contributed by atoms with E-state index >= 15 is 0 Å². The van der Waals surface area contributed by atoms with Gasteiger partial charge < -0.3 is 10.1 Å². The maximum atomic E-state index is 6.59. The summed E-state index contributed by atoms with van der Waals surface area (Å²) in [6.45, 7) is 8.31. The van der Waals surface area contributed by atoms with Gasteiger partial charge in [0.1, 0.15) is 0 Å². The van der Waals surface area contributed by atoms with E-state index in [2.05, 4.69) is 29.3 Å². The summed E-state index contributed by atoms with van der Waals surface area (Å²) >= 11 is 6.59. The Bertz CT molecular complexity index is 437. The van der Waals surface area contributed by atoms with E-state index in [0.717, 1.165) is 57.3 Å². The number of benzene rings is 1. The highest BCUT2D eigenvalue weighted by Crippen LogP contribution is 2.39. The fraction of sp³-hybridized carbons (Fsp3) is 0.647. The molecule has 1 aromatic carbocycles. The molecular weight excluding hydrogens is 355 g/mol. The molecular formula is C17H27Cl3N2O. The van der Waals surface area contributed by atoms with Gasteiger partial charge >= 0.3 is 0 Å². The fourth-order valence-electron chi connectivity index (χ4n) is 3.73. The van der Waals surface area contributed by atoms with Crippen molar-refractivity contribution in [3.8, 4) is 0 Å². The molecule has 0 spiro atoms. The zero-order valence-electron chi connectivity index (χ0n) is 13.6. The molecule has 1 aromatic rings. The molecule has 132 valence electrons. The summed E-state index contributed by atoms with van der Waals surface area (Å²) in [6.07, 6.45) is 2.28. The summed E-state index contributed by atoms with van der Waals surface area (Å²) in [5, 5.41) is 4.38. The monoisotopic (exact) mass is 380 g/mol. The van der Waals surface area contributed by atoms with Crippen LogP contribution in [0.1, 0.15) is 30.0 Å². The van der Waals surface area contributed by atoms with Gasteiger partial charge in [-0.15, -0.1) is 24.8 Å². The van der Waals surface area contributed by atoms with Crippen molar-refractivity contribution >= 4 is 36.4 Å².